The zero-order valence-electron chi connectivity index (χ0n) is 24.2. The summed E-state index contributed by atoms with van der Waals surface area (Å²) in [4.78, 5) is 21.4. The molecule has 6 heteroatoms. The second-order valence-corrected chi connectivity index (χ2v) is 11.9. The van der Waals surface area contributed by atoms with E-state index in [0.717, 1.165) is 47.7 Å². The normalized spacial score (nSPS) is 17.9. The highest BCUT2D eigenvalue weighted by Crippen LogP contribution is 2.39. The molecular formula is C36H36N2O3S. The van der Waals surface area contributed by atoms with E-state index in [0.29, 0.717) is 29.6 Å². The fourth-order valence-electron chi connectivity index (χ4n) is 5.68. The molecule has 4 aromatic rings. The van der Waals surface area contributed by atoms with Crippen molar-refractivity contribution in [2.45, 2.75) is 58.6 Å². The first-order chi connectivity index (χ1) is 20.6. The van der Waals surface area contributed by atoms with Crippen LogP contribution in [0.15, 0.2) is 94.8 Å². The number of thioether (sulfide) groups is 1. The highest BCUT2D eigenvalue weighted by Gasteiger charge is 2.38. The lowest BCUT2D eigenvalue weighted by Gasteiger charge is -2.30. The van der Waals surface area contributed by atoms with Crippen LogP contribution >= 0.6 is 11.8 Å². The number of rotatable bonds is 8. The van der Waals surface area contributed by atoms with Gasteiger partial charge in [-0.3, -0.25) is 9.69 Å². The van der Waals surface area contributed by atoms with E-state index >= 15 is 0 Å². The van der Waals surface area contributed by atoms with Gasteiger partial charge in [-0.1, -0.05) is 85.5 Å². The maximum atomic E-state index is 13.8. The summed E-state index contributed by atoms with van der Waals surface area (Å²) >= 11 is 1.46. The molecule has 0 atom stereocenters. The summed E-state index contributed by atoms with van der Waals surface area (Å²) in [7, 11) is 0. The molecule has 1 heterocycles. The van der Waals surface area contributed by atoms with Gasteiger partial charge in [0.2, 0.25) is 0 Å². The van der Waals surface area contributed by atoms with Crippen molar-refractivity contribution in [2.75, 3.05) is 6.61 Å². The number of amidine groups is 1. The number of hydrogen-bond acceptors (Lipinski definition) is 5. The molecule has 0 radical (unpaired) electrons. The van der Waals surface area contributed by atoms with Gasteiger partial charge >= 0.3 is 0 Å². The zero-order valence-corrected chi connectivity index (χ0v) is 25.0. The third kappa shape index (κ3) is 6.24. The second kappa shape index (κ2) is 12.9. The molecule has 214 valence electrons. The van der Waals surface area contributed by atoms with Crippen LogP contribution in [0.3, 0.4) is 0 Å². The van der Waals surface area contributed by atoms with Gasteiger partial charge in [-0.25, -0.2) is 4.99 Å². The van der Waals surface area contributed by atoms with Crippen LogP contribution in [0.5, 0.6) is 11.5 Å². The van der Waals surface area contributed by atoms with Crippen LogP contribution in [0.4, 0.5) is 5.69 Å². The first-order valence-electron chi connectivity index (χ1n) is 14.8. The lowest BCUT2D eigenvalue weighted by Crippen LogP contribution is -2.40. The number of amides is 1. The molecule has 1 amide bonds. The van der Waals surface area contributed by atoms with E-state index in [1.807, 2.05) is 60.4 Å². The molecular weight excluding hydrogens is 540 g/mol. The molecule has 1 saturated heterocycles. The maximum Gasteiger partial charge on any atom is 0.267 e. The molecule has 0 unspecified atom stereocenters. The van der Waals surface area contributed by atoms with Crippen LogP contribution in [0.1, 0.15) is 55.7 Å². The number of nitrogens with zero attached hydrogens (tertiary/aromatic N) is 2. The number of carbonyl (C=O) groups excluding carboxylic acids is 1. The quantitative estimate of drug-likeness (QED) is 0.196. The lowest BCUT2D eigenvalue weighted by molar-refractivity contribution is -0.124. The first kappa shape index (κ1) is 28.1. The van der Waals surface area contributed by atoms with Crippen LogP contribution in [0, 0.1) is 6.92 Å². The molecule has 1 aliphatic carbocycles. The largest absolute Gasteiger partial charge is 0.490 e. The van der Waals surface area contributed by atoms with Gasteiger partial charge in [-0.2, -0.15) is 0 Å². The first-order valence-corrected chi connectivity index (χ1v) is 15.7. The Morgan fingerprint density at radius 2 is 1.69 bits per heavy atom. The second-order valence-electron chi connectivity index (χ2n) is 10.9. The van der Waals surface area contributed by atoms with Crippen molar-refractivity contribution in [3.05, 3.63) is 107 Å². The van der Waals surface area contributed by atoms with Gasteiger partial charge in [0, 0.05) is 6.04 Å². The van der Waals surface area contributed by atoms with Crippen LogP contribution in [-0.4, -0.2) is 28.6 Å². The van der Waals surface area contributed by atoms with E-state index < -0.39 is 0 Å². The smallest absolute Gasteiger partial charge is 0.267 e. The molecule has 6 rings (SSSR count). The van der Waals surface area contributed by atoms with Gasteiger partial charge in [0.05, 0.1) is 17.2 Å². The fourth-order valence-corrected chi connectivity index (χ4v) is 6.74. The van der Waals surface area contributed by atoms with Crippen molar-refractivity contribution in [3.63, 3.8) is 0 Å². The number of ether oxygens (including phenoxy) is 2. The summed E-state index contributed by atoms with van der Waals surface area (Å²) in [6, 6.07) is 28.8. The molecule has 2 aliphatic rings. The van der Waals surface area contributed by atoms with Crippen LogP contribution < -0.4 is 9.47 Å². The summed E-state index contributed by atoms with van der Waals surface area (Å²) in [6.07, 6.45) is 7.51. The van der Waals surface area contributed by atoms with Gasteiger partial charge in [0.15, 0.2) is 16.7 Å². The minimum Gasteiger partial charge on any atom is -0.490 e. The summed E-state index contributed by atoms with van der Waals surface area (Å²) < 4.78 is 12.3. The Balaban J connectivity index is 1.27. The standard InChI is InChI=1S/C36H36N2O3S/c1-3-40-33-22-26(18-21-32(33)41-24-28-12-9-11-27-10-7-8-15-31(27)28)23-34-35(39)38(30-13-5-4-6-14-30)36(42-34)37-29-19-16-25(2)17-20-29/h7-12,15-23,30H,3-6,13-14,24H2,1-2H3/b34-23+,37-36?. The Bertz CT molecular complexity index is 1630. The maximum absolute atomic E-state index is 13.8. The molecule has 0 N–H and O–H groups in total. The number of aryl methyl sites for hydroxylation is 1. The summed E-state index contributed by atoms with van der Waals surface area (Å²) in [6.45, 7) is 4.98. The highest BCUT2D eigenvalue weighted by atomic mass is 32.2. The predicted molar refractivity (Wildman–Crippen MR) is 173 cm³/mol. The van der Waals surface area contributed by atoms with E-state index in [1.54, 1.807) is 0 Å². The van der Waals surface area contributed by atoms with Crippen molar-refractivity contribution >= 4 is 45.4 Å². The van der Waals surface area contributed by atoms with Gasteiger partial charge in [0.1, 0.15) is 6.61 Å². The summed E-state index contributed by atoms with van der Waals surface area (Å²) in [5, 5.41) is 3.14. The van der Waals surface area contributed by atoms with Crippen molar-refractivity contribution in [1.82, 2.24) is 4.90 Å². The molecule has 5 nitrogen and oxygen atoms in total. The predicted octanol–water partition coefficient (Wildman–Crippen LogP) is 9.06. The zero-order chi connectivity index (χ0) is 28.9. The SMILES string of the molecule is CCOc1cc(/C=C2/SC(=Nc3ccc(C)cc3)N(C3CCCCC3)C2=O)ccc1OCc1cccc2ccccc12. The van der Waals surface area contributed by atoms with Gasteiger partial charge in [0.25, 0.3) is 5.91 Å². The molecule has 4 aromatic carbocycles. The topological polar surface area (TPSA) is 51.1 Å². The van der Waals surface area contributed by atoms with Crippen molar-refractivity contribution in [2.24, 2.45) is 4.99 Å². The number of fused-ring (bicyclic) bond motifs is 1. The Labute approximate surface area is 252 Å². The number of hydrogen-bond donors (Lipinski definition) is 0. The van der Waals surface area contributed by atoms with E-state index in [2.05, 4.69) is 49.4 Å². The average Bonchev–Trinajstić information content (AvgIpc) is 3.32. The Morgan fingerprint density at radius 3 is 2.50 bits per heavy atom. The number of aliphatic imine (C=N–C) groups is 1. The third-order valence-electron chi connectivity index (χ3n) is 7.86. The van der Waals surface area contributed by atoms with Crippen molar-refractivity contribution < 1.29 is 14.3 Å². The summed E-state index contributed by atoms with van der Waals surface area (Å²) in [5.41, 5.74) is 4.07. The molecule has 1 aliphatic heterocycles. The van der Waals surface area contributed by atoms with Crippen molar-refractivity contribution in [1.29, 1.82) is 0 Å². The molecule has 0 bridgehead atoms. The molecule has 2 fully saturated rings. The van der Waals surface area contributed by atoms with Crippen molar-refractivity contribution in [3.8, 4) is 11.5 Å². The molecule has 1 saturated carbocycles. The minimum atomic E-state index is 0.0343. The van der Waals surface area contributed by atoms with E-state index in [4.69, 9.17) is 14.5 Å². The van der Waals surface area contributed by atoms with E-state index in [1.165, 1.54) is 34.5 Å². The summed E-state index contributed by atoms with van der Waals surface area (Å²) in [5.74, 6) is 1.38. The van der Waals surface area contributed by atoms with Crippen LogP contribution in [0.25, 0.3) is 16.8 Å². The number of carbonyl (C=O) groups is 1. The Morgan fingerprint density at radius 1 is 0.905 bits per heavy atom. The third-order valence-corrected chi connectivity index (χ3v) is 8.85. The van der Waals surface area contributed by atoms with Gasteiger partial charge in [-0.05, 0) is 90.7 Å². The minimum absolute atomic E-state index is 0.0343. The lowest BCUT2D eigenvalue weighted by atomic mass is 9.94. The Hall–Kier alpha value is -4.03. The molecule has 42 heavy (non-hydrogen) atoms. The number of benzene rings is 4. The van der Waals surface area contributed by atoms with Crippen LogP contribution in [0.2, 0.25) is 0 Å². The molecule has 0 spiro atoms. The molecule has 0 aromatic heterocycles. The average molecular weight is 577 g/mol. The van der Waals surface area contributed by atoms with E-state index in [-0.39, 0.29) is 11.9 Å². The Kier molecular flexibility index (Phi) is 8.61. The van der Waals surface area contributed by atoms with Gasteiger partial charge < -0.3 is 9.47 Å². The van der Waals surface area contributed by atoms with Gasteiger partial charge in [-0.15, -0.1) is 0 Å². The highest BCUT2D eigenvalue weighted by molar-refractivity contribution is 8.18. The monoisotopic (exact) mass is 576 g/mol. The fraction of sp³-hybridized carbons (Fsp3) is 0.278. The van der Waals surface area contributed by atoms with E-state index in [9.17, 15) is 4.79 Å². The van der Waals surface area contributed by atoms with Crippen LogP contribution in [-0.2, 0) is 11.4 Å².